The number of aliphatic imine (C=N–C) groups is 1. The quantitative estimate of drug-likeness (QED) is 0.348. The molecule has 0 bridgehead atoms. The molecule has 2 amide bonds. The number of hydrogen-bond donors (Lipinski definition) is 2. The van der Waals surface area contributed by atoms with Crippen molar-refractivity contribution in [2.45, 2.75) is 38.5 Å². The number of methoxy groups -OCH3 is 1. The van der Waals surface area contributed by atoms with Crippen LogP contribution in [-0.2, 0) is 4.79 Å². The van der Waals surface area contributed by atoms with Crippen molar-refractivity contribution in [1.82, 2.24) is 15.1 Å². The SMILES string of the molecule is C#C.C=C(CN1CCCCCC1=O)N1CCCC1.COc1ccc(N=C(N)NC(=O)c2ccoc2)cc1. The Hall–Kier alpha value is -4.19. The Morgan fingerprint density at radius 1 is 1.11 bits per heavy atom. The fourth-order valence-electron chi connectivity index (χ4n) is 3.97. The zero-order valence-corrected chi connectivity index (χ0v) is 21.5. The average Bonchev–Trinajstić information content (AvgIpc) is 3.62. The lowest BCUT2D eigenvalue weighted by Gasteiger charge is -2.27. The summed E-state index contributed by atoms with van der Waals surface area (Å²) in [5.74, 6) is 0.678. The summed E-state index contributed by atoms with van der Waals surface area (Å²) in [6.07, 6.45) is 17.4. The lowest BCUT2D eigenvalue weighted by Crippen LogP contribution is -2.36. The summed E-state index contributed by atoms with van der Waals surface area (Å²) in [4.78, 5) is 31.9. The Bertz CT molecular complexity index is 1040. The van der Waals surface area contributed by atoms with Gasteiger partial charge in [0.05, 0.1) is 31.2 Å². The molecule has 3 N–H and O–H groups in total. The molecule has 2 aliphatic heterocycles. The molecule has 3 heterocycles. The van der Waals surface area contributed by atoms with Crippen LogP contribution in [0.4, 0.5) is 5.69 Å². The normalized spacial score (nSPS) is 15.4. The van der Waals surface area contributed by atoms with Gasteiger partial charge in [-0.1, -0.05) is 13.0 Å². The number of furan rings is 1. The number of guanidine groups is 1. The summed E-state index contributed by atoms with van der Waals surface area (Å²) >= 11 is 0. The first kappa shape index (κ1) is 29.0. The molecular weight excluding hydrogens is 470 g/mol. The summed E-state index contributed by atoms with van der Waals surface area (Å²) in [7, 11) is 1.58. The molecule has 2 fully saturated rings. The number of benzene rings is 1. The molecule has 0 unspecified atom stereocenters. The Morgan fingerprint density at radius 2 is 1.78 bits per heavy atom. The molecule has 0 spiro atoms. The zero-order chi connectivity index (χ0) is 27.0. The minimum atomic E-state index is -0.372. The van der Waals surface area contributed by atoms with Crippen molar-refractivity contribution in [1.29, 1.82) is 0 Å². The van der Waals surface area contributed by atoms with Gasteiger partial charge in [0.25, 0.3) is 5.91 Å². The number of nitrogens with one attached hydrogen (secondary N) is 1. The highest BCUT2D eigenvalue weighted by molar-refractivity contribution is 6.05. The predicted octanol–water partition coefficient (Wildman–Crippen LogP) is 3.91. The molecule has 0 atom stereocenters. The molecule has 0 saturated carbocycles. The van der Waals surface area contributed by atoms with Crippen LogP contribution in [-0.4, -0.2) is 60.9 Å². The number of nitrogens with two attached hydrogens (primary N) is 1. The van der Waals surface area contributed by atoms with E-state index in [9.17, 15) is 9.59 Å². The van der Waals surface area contributed by atoms with Gasteiger partial charge in [0.1, 0.15) is 12.0 Å². The van der Waals surface area contributed by atoms with E-state index in [4.69, 9.17) is 14.9 Å². The van der Waals surface area contributed by atoms with E-state index < -0.39 is 0 Å². The van der Waals surface area contributed by atoms with E-state index in [1.54, 1.807) is 31.4 Å². The van der Waals surface area contributed by atoms with Crippen LogP contribution in [0.25, 0.3) is 0 Å². The lowest BCUT2D eigenvalue weighted by atomic mass is 10.2. The number of hydrogen-bond acceptors (Lipinski definition) is 6. The van der Waals surface area contributed by atoms with Gasteiger partial charge >= 0.3 is 0 Å². The van der Waals surface area contributed by atoms with Crippen LogP contribution in [0.5, 0.6) is 5.75 Å². The summed E-state index contributed by atoms with van der Waals surface area (Å²) in [6, 6.07) is 8.51. The number of terminal acetylenes is 1. The topological polar surface area (TPSA) is 113 Å². The second-order valence-electron chi connectivity index (χ2n) is 8.55. The molecule has 4 rings (SSSR count). The van der Waals surface area contributed by atoms with E-state index >= 15 is 0 Å². The van der Waals surface area contributed by atoms with Gasteiger partial charge < -0.3 is 24.7 Å². The van der Waals surface area contributed by atoms with Crippen molar-refractivity contribution in [2.24, 2.45) is 10.7 Å². The molecule has 9 heteroatoms. The van der Waals surface area contributed by atoms with Crippen LogP contribution >= 0.6 is 0 Å². The summed E-state index contributed by atoms with van der Waals surface area (Å²) in [6.45, 7) is 8.05. The second-order valence-corrected chi connectivity index (χ2v) is 8.55. The van der Waals surface area contributed by atoms with E-state index in [1.165, 1.54) is 37.9 Å². The van der Waals surface area contributed by atoms with E-state index in [0.29, 0.717) is 17.2 Å². The third kappa shape index (κ3) is 9.76. The first-order chi connectivity index (χ1) is 18.0. The highest BCUT2D eigenvalue weighted by atomic mass is 16.5. The van der Waals surface area contributed by atoms with Crippen LogP contribution in [0.15, 0.2) is 64.5 Å². The molecule has 2 saturated heterocycles. The van der Waals surface area contributed by atoms with Crippen LogP contribution in [0.2, 0.25) is 0 Å². The van der Waals surface area contributed by atoms with Gasteiger partial charge in [-0.25, -0.2) is 4.99 Å². The Labute approximate surface area is 219 Å². The van der Waals surface area contributed by atoms with Crippen molar-refractivity contribution in [3.05, 3.63) is 60.7 Å². The summed E-state index contributed by atoms with van der Waals surface area (Å²) in [5, 5.41) is 2.46. The first-order valence-corrected chi connectivity index (χ1v) is 12.3. The molecule has 37 heavy (non-hydrogen) atoms. The maximum atomic E-state index is 11.8. The molecular formula is C28H37N5O4. The summed E-state index contributed by atoms with van der Waals surface area (Å²) in [5.41, 5.74) is 7.77. The molecule has 198 valence electrons. The molecule has 2 aliphatic rings. The highest BCUT2D eigenvalue weighted by Gasteiger charge is 2.20. The number of likely N-dealkylation sites (tertiary alicyclic amines) is 2. The monoisotopic (exact) mass is 507 g/mol. The molecule has 9 nitrogen and oxygen atoms in total. The third-order valence-corrected chi connectivity index (χ3v) is 5.94. The van der Waals surface area contributed by atoms with Crippen molar-refractivity contribution in [3.63, 3.8) is 0 Å². The standard InChI is InChI=1S/C13H13N3O3.C13H22N2O.C2H2/c1-18-11-4-2-10(3-5-11)15-13(14)16-12(17)9-6-7-19-8-9;1-12(14-8-5-6-9-14)11-15-10-4-2-3-7-13(15)16;1-2/h2-8H,1H3,(H3,14,15,16,17);1-11H2;1-2H. The maximum Gasteiger partial charge on any atom is 0.261 e. The summed E-state index contributed by atoms with van der Waals surface area (Å²) < 4.78 is 9.83. The van der Waals surface area contributed by atoms with Crippen LogP contribution in [0.3, 0.4) is 0 Å². The number of nitrogens with zero attached hydrogens (tertiary/aromatic N) is 3. The second kappa shape index (κ2) is 15.7. The van der Waals surface area contributed by atoms with Gasteiger partial charge in [-0.2, -0.15) is 0 Å². The van der Waals surface area contributed by atoms with E-state index in [2.05, 4.69) is 34.6 Å². The predicted molar refractivity (Wildman–Crippen MR) is 145 cm³/mol. The van der Waals surface area contributed by atoms with E-state index in [1.807, 2.05) is 4.90 Å². The van der Waals surface area contributed by atoms with Gasteiger partial charge in [-0.05, 0) is 56.0 Å². The van der Waals surface area contributed by atoms with Gasteiger partial charge in [0.2, 0.25) is 11.9 Å². The molecule has 0 aliphatic carbocycles. The zero-order valence-electron chi connectivity index (χ0n) is 21.5. The molecule has 1 aromatic heterocycles. The first-order valence-electron chi connectivity index (χ1n) is 12.3. The van der Waals surface area contributed by atoms with E-state index in [-0.39, 0.29) is 11.9 Å². The minimum absolute atomic E-state index is 0.0105. The average molecular weight is 508 g/mol. The lowest BCUT2D eigenvalue weighted by molar-refractivity contribution is -0.130. The minimum Gasteiger partial charge on any atom is -0.497 e. The van der Waals surface area contributed by atoms with Gasteiger partial charge in [-0.15, -0.1) is 12.8 Å². The van der Waals surface area contributed by atoms with Crippen LogP contribution in [0.1, 0.15) is 48.9 Å². The number of carbonyl (C=O) groups is 2. The van der Waals surface area contributed by atoms with Crippen molar-refractivity contribution >= 4 is 23.5 Å². The fraction of sp³-hybridized carbons (Fsp3) is 0.393. The molecule has 0 radical (unpaired) electrons. The third-order valence-electron chi connectivity index (χ3n) is 5.94. The number of rotatable bonds is 6. The Kier molecular flexibility index (Phi) is 12.3. The van der Waals surface area contributed by atoms with Crippen LogP contribution in [0, 0.1) is 12.8 Å². The van der Waals surface area contributed by atoms with Gasteiger partial charge in [0.15, 0.2) is 0 Å². The van der Waals surface area contributed by atoms with Crippen LogP contribution < -0.4 is 15.8 Å². The smallest absolute Gasteiger partial charge is 0.261 e. The fourth-order valence-corrected chi connectivity index (χ4v) is 3.97. The highest BCUT2D eigenvalue weighted by Crippen LogP contribution is 2.18. The van der Waals surface area contributed by atoms with Gasteiger partial charge in [-0.3, -0.25) is 14.9 Å². The van der Waals surface area contributed by atoms with Crippen molar-refractivity contribution in [3.8, 4) is 18.6 Å². The molecule has 1 aromatic carbocycles. The number of ether oxygens (including phenoxy) is 1. The van der Waals surface area contributed by atoms with Crippen molar-refractivity contribution < 1.29 is 18.7 Å². The van der Waals surface area contributed by atoms with E-state index in [0.717, 1.165) is 56.9 Å². The van der Waals surface area contributed by atoms with Crippen molar-refractivity contribution in [2.75, 3.05) is 33.3 Å². The number of carbonyl (C=O) groups excluding carboxylic acids is 2. The maximum absolute atomic E-state index is 11.8. The molecule has 2 aromatic rings. The largest absolute Gasteiger partial charge is 0.497 e. The Morgan fingerprint density at radius 3 is 2.41 bits per heavy atom. The Balaban J connectivity index is 0.000000247. The number of amides is 2. The van der Waals surface area contributed by atoms with Gasteiger partial charge in [0, 0.05) is 31.8 Å².